The highest BCUT2D eigenvalue weighted by atomic mass is 19.1. The lowest BCUT2D eigenvalue weighted by atomic mass is 10.0. The lowest BCUT2D eigenvalue weighted by Crippen LogP contribution is -2.46. The average Bonchev–Trinajstić information content (AvgIpc) is 2.79. The van der Waals surface area contributed by atoms with Crippen LogP contribution in [0.2, 0.25) is 0 Å². The fourth-order valence-corrected chi connectivity index (χ4v) is 3.55. The van der Waals surface area contributed by atoms with Gasteiger partial charge in [-0.1, -0.05) is 30.3 Å². The van der Waals surface area contributed by atoms with Crippen molar-refractivity contribution >= 4 is 11.6 Å². The average molecular weight is 429 g/mol. The number of ether oxygens (including phenoxy) is 1. The number of para-hydroxylation sites is 1. The number of benzene rings is 2. The molecule has 1 saturated heterocycles. The Bertz CT molecular complexity index is 885. The van der Waals surface area contributed by atoms with Crippen LogP contribution >= 0.6 is 0 Å². The number of guanidine groups is 1. The lowest BCUT2D eigenvalue weighted by molar-refractivity contribution is -0.385. The van der Waals surface area contributed by atoms with Crippen LogP contribution in [0, 0.1) is 15.9 Å². The molecular formula is C22H28FN5O3. The number of hydrogen-bond acceptors (Lipinski definition) is 5. The Labute approximate surface area is 181 Å². The highest BCUT2D eigenvalue weighted by Gasteiger charge is 2.23. The van der Waals surface area contributed by atoms with Crippen molar-refractivity contribution in [2.45, 2.75) is 19.5 Å². The van der Waals surface area contributed by atoms with Gasteiger partial charge in [0.15, 0.2) is 5.96 Å². The summed E-state index contributed by atoms with van der Waals surface area (Å²) < 4.78 is 18.9. The molecule has 0 aromatic heterocycles. The largest absolute Gasteiger partial charge is 0.379 e. The van der Waals surface area contributed by atoms with Crippen LogP contribution in [0.25, 0.3) is 0 Å². The Morgan fingerprint density at radius 2 is 1.90 bits per heavy atom. The Morgan fingerprint density at radius 1 is 1.19 bits per heavy atom. The number of nitro benzene ring substituents is 1. The number of nitrogens with one attached hydrogen (secondary N) is 2. The Hall–Kier alpha value is -3.04. The van der Waals surface area contributed by atoms with Gasteiger partial charge in [0.05, 0.1) is 36.3 Å². The number of morpholine rings is 1. The van der Waals surface area contributed by atoms with Gasteiger partial charge >= 0.3 is 0 Å². The Morgan fingerprint density at radius 3 is 2.58 bits per heavy atom. The first-order chi connectivity index (χ1) is 15.1. The molecule has 1 fully saturated rings. The van der Waals surface area contributed by atoms with Crippen molar-refractivity contribution in [2.24, 2.45) is 4.99 Å². The van der Waals surface area contributed by atoms with Crippen molar-refractivity contribution in [2.75, 3.05) is 39.4 Å². The van der Waals surface area contributed by atoms with Crippen LogP contribution < -0.4 is 10.6 Å². The van der Waals surface area contributed by atoms with Gasteiger partial charge in [-0.05, 0) is 24.6 Å². The molecule has 0 saturated carbocycles. The predicted octanol–water partition coefficient (Wildman–Crippen LogP) is 2.86. The molecule has 9 heteroatoms. The minimum atomic E-state index is -0.395. The number of nitrogens with zero attached hydrogens (tertiary/aromatic N) is 3. The van der Waals surface area contributed by atoms with Crippen LogP contribution in [0.1, 0.15) is 24.1 Å². The van der Waals surface area contributed by atoms with Gasteiger partial charge < -0.3 is 15.4 Å². The van der Waals surface area contributed by atoms with Crippen molar-refractivity contribution in [3.63, 3.8) is 0 Å². The molecule has 2 N–H and O–H groups in total. The summed E-state index contributed by atoms with van der Waals surface area (Å²) in [5.74, 6) is 0.304. The zero-order valence-electron chi connectivity index (χ0n) is 17.6. The number of aliphatic imine (C=N–C) groups is 1. The number of nitro groups is 1. The van der Waals surface area contributed by atoms with Crippen molar-refractivity contribution in [3.05, 3.63) is 75.6 Å². The number of halogens is 1. The van der Waals surface area contributed by atoms with E-state index in [-0.39, 0.29) is 24.1 Å². The molecule has 0 aliphatic carbocycles. The first-order valence-electron chi connectivity index (χ1n) is 10.4. The maximum absolute atomic E-state index is 13.4. The third-order valence-electron chi connectivity index (χ3n) is 5.14. The second-order valence-electron chi connectivity index (χ2n) is 7.18. The fraction of sp³-hybridized carbons (Fsp3) is 0.409. The number of rotatable bonds is 8. The van der Waals surface area contributed by atoms with Gasteiger partial charge in [0, 0.05) is 32.2 Å². The monoisotopic (exact) mass is 429 g/mol. The minimum Gasteiger partial charge on any atom is -0.379 e. The molecule has 1 unspecified atom stereocenters. The molecule has 1 aliphatic heterocycles. The molecule has 2 aromatic rings. The van der Waals surface area contributed by atoms with Crippen LogP contribution in [-0.4, -0.2) is 55.2 Å². The summed E-state index contributed by atoms with van der Waals surface area (Å²) in [4.78, 5) is 17.7. The van der Waals surface area contributed by atoms with E-state index >= 15 is 0 Å². The van der Waals surface area contributed by atoms with Gasteiger partial charge in [-0.25, -0.2) is 9.38 Å². The van der Waals surface area contributed by atoms with E-state index in [0.717, 1.165) is 18.7 Å². The van der Waals surface area contributed by atoms with Gasteiger partial charge in [-0.3, -0.25) is 15.0 Å². The molecule has 166 valence electrons. The summed E-state index contributed by atoms with van der Waals surface area (Å²) in [6.07, 6.45) is 0. The molecule has 0 radical (unpaired) electrons. The van der Waals surface area contributed by atoms with Gasteiger partial charge in [-0.2, -0.15) is 0 Å². The van der Waals surface area contributed by atoms with Gasteiger partial charge in [0.2, 0.25) is 0 Å². The van der Waals surface area contributed by atoms with E-state index in [1.54, 1.807) is 30.3 Å². The third kappa shape index (κ3) is 6.47. The highest BCUT2D eigenvalue weighted by molar-refractivity contribution is 5.79. The standard InChI is InChI=1S/C22H28FN5O3/c1-2-24-22(25-15-18-5-3-4-6-20(18)28(29)30)26-16-21(27-11-13-31-14-12-27)17-7-9-19(23)10-8-17/h3-10,21H,2,11-16H2,1H3,(H2,24,25,26). The van der Waals surface area contributed by atoms with Crippen LogP contribution in [0.15, 0.2) is 53.5 Å². The maximum Gasteiger partial charge on any atom is 0.274 e. The summed E-state index contributed by atoms with van der Waals surface area (Å²) >= 11 is 0. The van der Waals surface area contributed by atoms with Crippen LogP contribution in [0.5, 0.6) is 0 Å². The van der Waals surface area contributed by atoms with E-state index in [1.807, 2.05) is 6.92 Å². The molecule has 0 bridgehead atoms. The van der Waals surface area contributed by atoms with Crippen molar-refractivity contribution in [3.8, 4) is 0 Å². The van der Waals surface area contributed by atoms with Crippen molar-refractivity contribution in [1.29, 1.82) is 0 Å². The number of hydrogen-bond donors (Lipinski definition) is 2. The van der Waals surface area contributed by atoms with Crippen LogP contribution in [0.3, 0.4) is 0 Å². The SMILES string of the molecule is CCNC(=NCc1ccccc1[N+](=O)[O-])NCC(c1ccc(F)cc1)N1CCOCC1. The van der Waals surface area contributed by atoms with E-state index < -0.39 is 4.92 Å². The van der Waals surface area contributed by atoms with Crippen molar-refractivity contribution in [1.82, 2.24) is 15.5 Å². The van der Waals surface area contributed by atoms with Crippen LogP contribution in [0.4, 0.5) is 10.1 Å². The first kappa shape index (κ1) is 22.6. The van der Waals surface area contributed by atoms with Crippen molar-refractivity contribution < 1.29 is 14.1 Å². The van der Waals surface area contributed by atoms with Gasteiger partial charge in [-0.15, -0.1) is 0 Å². The normalized spacial score (nSPS) is 16.0. The molecule has 1 atom stereocenters. The van der Waals surface area contributed by atoms with E-state index in [9.17, 15) is 14.5 Å². The molecule has 2 aromatic carbocycles. The second kappa shape index (κ2) is 11.4. The van der Waals surface area contributed by atoms with E-state index in [1.165, 1.54) is 18.2 Å². The second-order valence-corrected chi connectivity index (χ2v) is 7.18. The van der Waals surface area contributed by atoms with E-state index in [0.29, 0.717) is 37.8 Å². The summed E-state index contributed by atoms with van der Waals surface area (Å²) in [6, 6.07) is 13.1. The lowest BCUT2D eigenvalue weighted by Gasteiger charge is -2.35. The van der Waals surface area contributed by atoms with Gasteiger partial charge in [0.1, 0.15) is 5.82 Å². The molecular weight excluding hydrogens is 401 g/mol. The quantitative estimate of drug-likeness (QED) is 0.290. The zero-order valence-corrected chi connectivity index (χ0v) is 17.6. The highest BCUT2D eigenvalue weighted by Crippen LogP contribution is 2.22. The minimum absolute atomic E-state index is 0.0133. The summed E-state index contributed by atoms with van der Waals surface area (Å²) in [6.45, 7) is 6.23. The maximum atomic E-state index is 13.4. The molecule has 1 heterocycles. The predicted molar refractivity (Wildman–Crippen MR) is 117 cm³/mol. The summed E-state index contributed by atoms with van der Waals surface area (Å²) in [5.41, 5.74) is 1.61. The zero-order chi connectivity index (χ0) is 22.1. The summed E-state index contributed by atoms with van der Waals surface area (Å²) in [7, 11) is 0. The molecule has 1 aliphatic rings. The first-order valence-corrected chi connectivity index (χ1v) is 10.4. The van der Waals surface area contributed by atoms with Gasteiger partial charge in [0.25, 0.3) is 5.69 Å². The molecule has 8 nitrogen and oxygen atoms in total. The Balaban J connectivity index is 1.74. The smallest absolute Gasteiger partial charge is 0.274 e. The fourth-order valence-electron chi connectivity index (χ4n) is 3.55. The van der Waals surface area contributed by atoms with E-state index in [4.69, 9.17) is 4.74 Å². The molecule has 31 heavy (non-hydrogen) atoms. The summed E-state index contributed by atoms with van der Waals surface area (Å²) in [5, 5.41) is 17.8. The topological polar surface area (TPSA) is 92.0 Å². The van der Waals surface area contributed by atoms with E-state index in [2.05, 4.69) is 20.5 Å². The Kier molecular flexibility index (Phi) is 8.31. The molecule has 3 rings (SSSR count). The molecule has 0 amide bonds. The molecule has 0 spiro atoms. The van der Waals surface area contributed by atoms with Crippen LogP contribution in [-0.2, 0) is 11.3 Å². The third-order valence-corrected chi connectivity index (χ3v) is 5.14.